The van der Waals surface area contributed by atoms with Crippen LogP contribution in [0.5, 0.6) is 0 Å². The summed E-state index contributed by atoms with van der Waals surface area (Å²) in [4.78, 5) is 25.3. The maximum absolute atomic E-state index is 11.8. The van der Waals surface area contributed by atoms with Gasteiger partial charge in [-0.25, -0.2) is 0 Å². The number of carboxylic acids is 1. The molecule has 1 rings (SSSR count). The smallest absolute Gasteiger partial charge is 0.317 e. The van der Waals surface area contributed by atoms with Gasteiger partial charge in [0.15, 0.2) is 0 Å². The molecule has 1 aromatic carbocycles. The van der Waals surface area contributed by atoms with Crippen LogP contribution in [0.2, 0.25) is 0 Å². The Morgan fingerprint density at radius 3 is 2.24 bits per heavy atom. The second-order valence-corrected chi connectivity index (χ2v) is 3.85. The third kappa shape index (κ3) is 4.24. The zero-order valence-corrected chi connectivity index (χ0v) is 9.96. The molecule has 0 radical (unpaired) electrons. The van der Waals surface area contributed by atoms with Gasteiger partial charge in [-0.3, -0.25) is 14.5 Å². The molecule has 0 aliphatic heterocycles. The monoisotopic (exact) mass is 236 g/mol. The van der Waals surface area contributed by atoms with Gasteiger partial charge in [-0.05, 0) is 19.2 Å². The number of likely N-dealkylation sites (N-methyl/N-ethyl adjacent to an activating group) is 2. The van der Waals surface area contributed by atoms with Crippen molar-refractivity contribution in [2.75, 3.05) is 32.1 Å². The van der Waals surface area contributed by atoms with E-state index in [-0.39, 0.29) is 19.0 Å². The summed E-state index contributed by atoms with van der Waals surface area (Å²) in [5, 5.41) is 8.59. The van der Waals surface area contributed by atoms with Crippen LogP contribution in [0.4, 0.5) is 5.69 Å². The predicted molar refractivity (Wildman–Crippen MR) is 65.0 cm³/mol. The van der Waals surface area contributed by atoms with E-state index in [9.17, 15) is 9.59 Å². The first-order valence-corrected chi connectivity index (χ1v) is 5.22. The number of amides is 1. The summed E-state index contributed by atoms with van der Waals surface area (Å²) in [5.74, 6) is -1.08. The average molecular weight is 236 g/mol. The van der Waals surface area contributed by atoms with Gasteiger partial charge >= 0.3 is 5.97 Å². The molecule has 0 saturated carbocycles. The normalized spacial score (nSPS) is 10.3. The van der Waals surface area contributed by atoms with E-state index >= 15 is 0 Å². The van der Waals surface area contributed by atoms with Crippen molar-refractivity contribution in [3.8, 4) is 0 Å². The van der Waals surface area contributed by atoms with Crippen LogP contribution in [0.3, 0.4) is 0 Å². The van der Waals surface area contributed by atoms with Crippen LogP contribution >= 0.6 is 0 Å². The number of nitrogens with zero attached hydrogens (tertiary/aromatic N) is 2. The predicted octanol–water partition coefficient (Wildman–Crippen LogP) is 0.666. The van der Waals surface area contributed by atoms with Crippen molar-refractivity contribution in [2.45, 2.75) is 0 Å². The molecule has 0 unspecified atom stereocenters. The van der Waals surface area contributed by atoms with Gasteiger partial charge in [0, 0.05) is 12.7 Å². The van der Waals surface area contributed by atoms with Gasteiger partial charge in [0.2, 0.25) is 5.91 Å². The lowest BCUT2D eigenvalue weighted by Crippen LogP contribution is -2.38. The SMILES string of the molecule is CN(CC(=O)O)CC(=O)N(C)c1ccccc1. The van der Waals surface area contributed by atoms with Crippen molar-refractivity contribution in [1.82, 2.24) is 4.90 Å². The fourth-order valence-corrected chi connectivity index (χ4v) is 1.42. The van der Waals surface area contributed by atoms with E-state index < -0.39 is 5.97 Å². The molecule has 1 amide bonds. The lowest BCUT2D eigenvalue weighted by molar-refractivity contribution is -0.138. The molecule has 0 atom stereocenters. The summed E-state index contributed by atoms with van der Waals surface area (Å²) in [5.41, 5.74) is 0.793. The zero-order chi connectivity index (χ0) is 12.8. The molecule has 0 heterocycles. The minimum absolute atomic E-state index is 0.0810. The molecule has 0 aromatic heterocycles. The number of para-hydroxylation sites is 1. The Kier molecular flexibility index (Phi) is 4.66. The molecule has 0 aliphatic carbocycles. The number of carboxylic acid groups (broad SMARTS) is 1. The number of rotatable bonds is 5. The molecule has 1 aromatic rings. The van der Waals surface area contributed by atoms with Gasteiger partial charge in [0.05, 0.1) is 13.1 Å². The molecule has 5 heteroatoms. The largest absolute Gasteiger partial charge is 0.480 e. The van der Waals surface area contributed by atoms with Gasteiger partial charge in [-0.15, -0.1) is 0 Å². The first-order chi connectivity index (χ1) is 8.00. The minimum Gasteiger partial charge on any atom is -0.480 e. The third-order valence-electron chi connectivity index (χ3n) is 2.33. The third-order valence-corrected chi connectivity index (χ3v) is 2.33. The molecule has 17 heavy (non-hydrogen) atoms. The summed E-state index contributed by atoms with van der Waals surface area (Å²) < 4.78 is 0. The Morgan fingerprint density at radius 2 is 1.71 bits per heavy atom. The van der Waals surface area contributed by atoms with E-state index in [0.29, 0.717) is 0 Å². The first-order valence-electron chi connectivity index (χ1n) is 5.22. The maximum Gasteiger partial charge on any atom is 0.317 e. The summed E-state index contributed by atoms with van der Waals surface area (Å²) in [6, 6.07) is 9.22. The van der Waals surface area contributed by atoms with Gasteiger partial charge < -0.3 is 10.0 Å². The summed E-state index contributed by atoms with van der Waals surface area (Å²) >= 11 is 0. The Labute approximate surface area is 100 Å². The van der Waals surface area contributed by atoms with E-state index in [1.54, 1.807) is 14.1 Å². The standard InChI is InChI=1S/C12H16N2O3/c1-13(9-12(16)17)8-11(15)14(2)10-6-4-3-5-7-10/h3-7H,8-9H2,1-2H3,(H,16,17). The molecule has 0 saturated heterocycles. The molecule has 0 aliphatic rings. The van der Waals surface area contributed by atoms with Gasteiger partial charge in [0.1, 0.15) is 0 Å². The number of hydrogen-bond acceptors (Lipinski definition) is 3. The van der Waals surface area contributed by atoms with Crippen molar-refractivity contribution < 1.29 is 14.7 Å². The quantitative estimate of drug-likeness (QED) is 0.816. The fourth-order valence-electron chi connectivity index (χ4n) is 1.42. The van der Waals surface area contributed by atoms with Crippen LogP contribution in [0, 0.1) is 0 Å². The number of carbonyl (C=O) groups is 2. The summed E-state index contributed by atoms with van der Waals surface area (Å²) in [6.45, 7) is -0.0634. The van der Waals surface area contributed by atoms with Crippen molar-refractivity contribution in [3.05, 3.63) is 30.3 Å². The highest BCUT2D eigenvalue weighted by Crippen LogP contribution is 2.11. The van der Waals surface area contributed by atoms with Crippen LogP contribution in [0.1, 0.15) is 0 Å². The van der Waals surface area contributed by atoms with Crippen LogP contribution in [0.15, 0.2) is 30.3 Å². The lowest BCUT2D eigenvalue weighted by atomic mass is 10.3. The highest BCUT2D eigenvalue weighted by molar-refractivity contribution is 5.94. The van der Waals surface area contributed by atoms with Crippen molar-refractivity contribution >= 4 is 17.6 Å². The van der Waals surface area contributed by atoms with E-state index in [0.717, 1.165) is 5.69 Å². The fraction of sp³-hybridized carbons (Fsp3) is 0.333. The summed E-state index contributed by atoms with van der Waals surface area (Å²) in [7, 11) is 3.27. The minimum atomic E-state index is -0.942. The van der Waals surface area contributed by atoms with Crippen molar-refractivity contribution in [3.63, 3.8) is 0 Å². The van der Waals surface area contributed by atoms with Gasteiger partial charge in [-0.2, -0.15) is 0 Å². The number of aliphatic carboxylic acids is 1. The van der Waals surface area contributed by atoms with Crippen LogP contribution in [-0.2, 0) is 9.59 Å². The van der Waals surface area contributed by atoms with E-state index in [1.165, 1.54) is 9.80 Å². The second kappa shape index (κ2) is 6.00. The van der Waals surface area contributed by atoms with Crippen LogP contribution in [-0.4, -0.2) is 49.1 Å². The number of anilines is 1. The topological polar surface area (TPSA) is 60.9 Å². The van der Waals surface area contributed by atoms with E-state index in [4.69, 9.17) is 5.11 Å². The summed E-state index contributed by atoms with van der Waals surface area (Å²) in [6.07, 6.45) is 0. The molecule has 1 N–H and O–H groups in total. The Hall–Kier alpha value is -1.88. The molecular weight excluding hydrogens is 220 g/mol. The van der Waals surface area contributed by atoms with Crippen LogP contribution < -0.4 is 4.90 Å². The molecule has 92 valence electrons. The second-order valence-electron chi connectivity index (χ2n) is 3.85. The molecule has 0 bridgehead atoms. The Balaban J connectivity index is 2.56. The zero-order valence-electron chi connectivity index (χ0n) is 9.96. The first kappa shape index (κ1) is 13.2. The van der Waals surface area contributed by atoms with E-state index in [2.05, 4.69) is 0 Å². The van der Waals surface area contributed by atoms with Gasteiger partial charge in [-0.1, -0.05) is 18.2 Å². The highest BCUT2D eigenvalue weighted by atomic mass is 16.4. The maximum atomic E-state index is 11.8. The van der Waals surface area contributed by atoms with E-state index in [1.807, 2.05) is 30.3 Å². The number of benzene rings is 1. The van der Waals surface area contributed by atoms with Crippen molar-refractivity contribution in [2.24, 2.45) is 0 Å². The molecule has 0 spiro atoms. The highest BCUT2D eigenvalue weighted by Gasteiger charge is 2.14. The molecule has 0 fully saturated rings. The van der Waals surface area contributed by atoms with Gasteiger partial charge in [0.25, 0.3) is 0 Å². The van der Waals surface area contributed by atoms with Crippen molar-refractivity contribution in [1.29, 1.82) is 0 Å². The molecule has 5 nitrogen and oxygen atoms in total. The Morgan fingerprint density at radius 1 is 1.12 bits per heavy atom. The van der Waals surface area contributed by atoms with Crippen LogP contribution in [0.25, 0.3) is 0 Å². The Bertz CT molecular complexity index is 392. The average Bonchev–Trinajstić information content (AvgIpc) is 2.28. The lowest BCUT2D eigenvalue weighted by Gasteiger charge is -2.20. The number of carbonyl (C=O) groups excluding carboxylic acids is 1. The number of hydrogen-bond donors (Lipinski definition) is 1. The molecular formula is C12H16N2O3.